The summed E-state index contributed by atoms with van der Waals surface area (Å²) < 4.78 is 1.31. The first-order valence-corrected chi connectivity index (χ1v) is 7.81. The zero-order chi connectivity index (χ0) is 17.0. The van der Waals surface area contributed by atoms with E-state index in [0.29, 0.717) is 24.2 Å². The Balaban J connectivity index is 2.29. The Kier molecular flexibility index (Phi) is 5.50. The monoisotopic (exact) mass is 316 g/mol. The van der Waals surface area contributed by atoms with Gasteiger partial charge in [-0.3, -0.25) is 9.59 Å². The van der Waals surface area contributed by atoms with Crippen molar-refractivity contribution in [2.24, 2.45) is 7.05 Å². The van der Waals surface area contributed by atoms with Crippen molar-refractivity contribution in [1.82, 2.24) is 19.6 Å². The molecule has 0 aliphatic carbocycles. The Morgan fingerprint density at radius 1 is 1.17 bits per heavy atom. The van der Waals surface area contributed by atoms with E-state index in [1.807, 2.05) is 44.1 Å². The van der Waals surface area contributed by atoms with E-state index in [1.165, 1.54) is 4.68 Å². The smallest absolute Gasteiger partial charge is 0.274 e. The number of rotatable bonds is 6. The Morgan fingerprint density at radius 2 is 1.83 bits per heavy atom. The Bertz CT molecular complexity index is 752. The Hall–Kier alpha value is -2.21. The third-order valence-electron chi connectivity index (χ3n) is 3.90. The molecule has 2 rings (SSSR count). The zero-order valence-electron chi connectivity index (χ0n) is 14.2. The number of aromatic nitrogens is 2. The lowest BCUT2D eigenvalue weighted by molar-refractivity contribution is -0.130. The number of benzene rings is 1. The maximum atomic E-state index is 12.6. The lowest BCUT2D eigenvalue weighted by Crippen LogP contribution is -2.37. The molecule has 6 nitrogen and oxygen atoms in total. The van der Waals surface area contributed by atoms with Crippen LogP contribution in [0.1, 0.15) is 12.6 Å². The van der Waals surface area contributed by atoms with Gasteiger partial charge in [-0.2, -0.15) is 5.10 Å². The van der Waals surface area contributed by atoms with Gasteiger partial charge in [0.25, 0.3) is 5.56 Å². The van der Waals surface area contributed by atoms with Crippen LogP contribution in [0.5, 0.6) is 0 Å². The second kappa shape index (κ2) is 7.37. The predicted molar refractivity (Wildman–Crippen MR) is 91.5 cm³/mol. The van der Waals surface area contributed by atoms with E-state index in [0.717, 1.165) is 11.9 Å². The number of carbonyl (C=O) groups is 1. The first kappa shape index (κ1) is 17.1. The first-order valence-electron chi connectivity index (χ1n) is 7.81. The summed E-state index contributed by atoms with van der Waals surface area (Å²) >= 11 is 0. The lowest BCUT2D eigenvalue weighted by atomic mass is 10.1. The highest BCUT2D eigenvalue weighted by molar-refractivity contribution is 5.88. The molecule has 0 saturated heterocycles. The van der Waals surface area contributed by atoms with Gasteiger partial charge in [0.05, 0.1) is 17.5 Å². The molecule has 1 aromatic heterocycles. The molecule has 0 fully saturated rings. The molecule has 1 amide bonds. The fourth-order valence-electron chi connectivity index (χ4n) is 2.54. The average Bonchev–Trinajstić information content (AvgIpc) is 2.52. The van der Waals surface area contributed by atoms with Crippen LogP contribution < -0.4 is 5.56 Å². The predicted octanol–water partition coefficient (Wildman–Crippen LogP) is 0.886. The second-order valence-electron chi connectivity index (χ2n) is 5.87. The molecule has 0 spiro atoms. The molecule has 0 N–H and O–H groups in total. The van der Waals surface area contributed by atoms with Crippen molar-refractivity contribution >= 4 is 16.7 Å². The van der Waals surface area contributed by atoms with E-state index in [4.69, 9.17) is 0 Å². The van der Waals surface area contributed by atoms with E-state index in [1.54, 1.807) is 13.1 Å². The van der Waals surface area contributed by atoms with Crippen molar-refractivity contribution in [3.63, 3.8) is 0 Å². The number of carbonyl (C=O) groups excluding carboxylic acids is 1. The molecule has 0 saturated carbocycles. The highest BCUT2D eigenvalue weighted by Gasteiger charge is 2.16. The molecule has 124 valence electrons. The molecule has 23 heavy (non-hydrogen) atoms. The molecule has 6 heteroatoms. The highest BCUT2D eigenvalue weighted by Crippen LogP contribution is 2.14. The van der Waals surface area contributed by atoms with Gasteiger partial charge in [-0.15, -0.1) is 0 Å². The van der Waals surface area contributed by atoms with E-state index < -0.39 is 0 Å². The van der Waals surface area contributed by atoms with E-state index in [2.05, 4.69) is 10.00 Å². The maximum Gasteiger partial charge on any atom is 0.274 e. The van der Waals surface area contributed by atoms with Crippen molar-refractivity contribution in [3.05, 3.63) is 40.3 Å². The molecule has 0 unspecified atom stereocenters. The van der Waals surface area contributed by atoms with Gasteiger partial charge in [-0.05, 0) is 27.1 Å². The van der Waals surface area contributed by atoms with Gasteiger partial charge in [0, 0.05) is 32.1 Å². The van der Waals surface area contributed by atoms with Crippen molar-refractivity contribution in [2.75, 3.05) is 33.7 Å². The summed E-state index contributed by atoms with van der Waals surface area (Å²) in [4.78, 5) is 28.6. The molecule has 1 heterocycles. The summed E-state index contributed by atoms with van der Waals surface area (Å²) in [5.41, 5.74) is 0.507. The first-order chi connectivity index (χ1) is 10.9. The normalized spacial score (nSPS) is 11.2. The number of nitrogens with zero attached hydrogens (tertiary/aromatic N) is 4. The quantitative estimate of drug-likeness (QED) is 0.794. The number of aryl methyl sites for hydroxylation is 1. The Labute approximate surface area is 136 Å². The summed E-state index contributed by atoms with van der Waals surface area (Å²) in [5, 5.41) is 5.66. The van der Waals surface area contributed by atoms with Gasteiger partial charge >= 0.3 is 0 Å². The van der Waals surface area contributed by atoms with Crippen LogP contribution >= 0.6 is 0 Å². The Morgan fingerprint density at radius 3 is 2.43 bits per heavy atom. The SMILES string of the molecule is CCN(CCN(C)C)C(=O)Cc1nn(C)c(=O)c2ccccc12. The van der Waals surface area contributed by atoms with Crippen LogP contribution in [0.2, 0.25) is 0 Å². The summed E-state index contributed by atoms with van der Waals surface area (Å²) in [6.07, 6.45) is 0.204. The molecule has 0 aliphatic heterocycles. The molecule has 0 radical (unpaired) electrons. The standard InChI is InChI=1S/C17H24N4O2/c1-5-21(11-10-19(2)3)16(22)12-15-13-8-6-7-9-14(13)17(23)20(4)18-15/h6-9H,5,10-12H2,1-4H3. The van der Waals surface area contributed by atoms with E-state index in [-0.39, 0.29) is 17.9 Å². The summed E-state index contributed by atoms with van der Waals surface area (Å²) in [6, 6.07) is 7.31. The summed E-state index contributed by atoms with van der Waals surface area (Å²) in [6.45, 7) is 4.14. The number of fused-ring (bicyclic) bond motifs is 1. The van der Waals surface area contributed by atoms with Crippen molar-refractivity contribution in [2.45, 2.75) is 13.3 Å². The van der Waals surface area contributed by atoms with Crippen LogP contribution in [0.4, 0.5) is 0 Å². The number of hydrogen-bond donors (Lipinski definition) is 0. The van der Waals surface area contributed by atoms with Gasteiger partial charge in [0.15, 0.2) is 0 Å². The summed E-state index contributed by atoms with van der Waals surface area (Å²) in [7, 11) is 5.59. The molecular weight excluding hydrogens is 292 g/mol. The number of hydrogen-bond acceptors (Lipinski definition) is 4. The van der Waals surface area contributed by atoms with Crippen molar-refractivity contribution in [3.8, 4) is 0 Å². The van der Waals surface area contributed by atoms with Crippen molar-refractivity contribution in [1.29, 1.82) is 0 Å². The average molecular weight is 316 g/mol. The van der Waals surface area contributed by atoms with Gasteiger partial charge in [0.1, 0.15) is 0 Å². The minimum atomic E-state index is -0.142. The maximum absolute atomic E-state index is 12.6. The topological polar surface area (TPSA) is 58.4 Å². The minimum absolute atomic E-state index is 0.0330. The third kappa shape index (κ3) is 3.96. The fourth-order valence-corrected chi connectivity index (χ4v) is 2.54. The van der Waals surface area contributed by atoms with Gasteiger partial charge < -0.3 is 9.80 Å². The van der Waals surface area contributed by atoms with Crippen LogP contribution in [0.3, 0.4) is 0 Å². The van der Waals surface area contributed by atoms with Crippen LogP contribution in [0.15, 0.2) is 29.1 Å². The van der Waals surface area contributed by atoms with Gasteiger partial charge in [0.2, 0.25) is 5.91 Å². The van der Waals surface area contributed by atoms with Gasteiger partial charge in [-0.1, -0.05) is 18.2 Å². The largest absolute Gasteiger partial charge is 0.341 e. The molecule has 0 bridgehead atoms. The van der Waals surface area contributed by atoms with E-state index >= 15 is 0 Å². The van der Waals surface area contributed by atoms with Crippen LogP contribution in [-0.4, -0.2) is 59.2 Å². The third-order valence-corrected chi connectivity index (χ3v) is 3.90. The molecule has 0 atom stereocenters. The van der Waals surface area contributed by atoms with Gasteiger partial charge in [-0.25, -0.2) is 4.68 Å². The number of likely N-dealkylation sites (N-methyl/N-ethyl adjacent to an activating group) is 2. The zero-order valence-corrected chi connectivity index (χ0v) is 14.2. The molecular formula is C17H24N4O2. The molecule has 0 aliphatic rings. The number of amides is 1. The second-order valence-corrected chi connectivity index (χ2v) is 5.87. The highest BCUT2D eigenvalue weighted by atomic mass is 16.2. The van der Waals surface area contributed by atoms with Crippen molar-refractivity contribution < 1.29 is 4.79 Å². The van der Waals surface area contributed by atoms with Crippen LogP contribution in [0, 0.1) is 0 Å². The lowest BCUT2D eigenvalue weighted by Gasteiger charge is -2.23. The van der Waals surface area contributed by atoms with E-state index in [9.17, 15) is 9.59 Å². The summed E-state index contributed by atoms with van der Waals surface area (Å²) in [5.74, 6) is 0.0330. The molecule has 2 aromatic rings. The fraction of sp³-hybridized carbons (Fsp3) is 0.471. The molecule has 1 aromatic carbocycles. The minimum Gasteiger partial charge on any atom is -0.341 e. The van der Waals surface area contributed by atoms with Crippen LogP contribution in [-0.2, 0) is 18.3 Å². The van der Waals surface area contributed by atoms with Crippen LogP contribution in [0.25, 0.3) is 10.8 Å².